The normalized spacial score (nSPS) is 24.5. The van der Waals surface area contributed by atoms with Crippen molar-refractivity contribution < 1.29 is 39.2 Å². The Morgan fingerprint density at radius 2 is 1.81 bits per heavy atom. The summed E-state index contributed by atoms with van der Waals surface area (Å²) >= 11 is 0. The third-order valence-electron chi connectivity index (χ3n) is 4.76. The van der Waals surface area contributed by atoms with E-state index < -0.39 is 40.7 Å². The first kappa shape index (κ1) is 17.9. The fourth-order valence-electron chi connectivity index (χ4n) is 3.47. The number of carbonyl (C=O) groups excluding carboxylic acids is 3. The van der Waals surface area contributed by atoms with Gasteiger partial charge in [-0.05, 0) is 6.92 Å². The van der Waals surface area contributed by atoms with Crippen molar-refractivity contribution in [2.75, 3.05) is 7.11 Å². The van der Waals surface area contributed by atoms with Gasteiger partial charge in [-0.3, -0.25) is 14.4 Å². The van der Waals surface area contributed by atoms with Crippen LogP contribution in [0.15, 0.2) is 11.8 Å². The van der Waals surface area contributed by atoms with E-state index >= 15 is 0 Å². The lowest BCUT2D eigenvalue weighted by Crippen LogP contribution is -2.48. The highest BCUT2D eigenvalue weighted by molar-refractivity contribution is 6.26. The predicted octanol–water partition coefficient (Wildman–Crippen LogP) is 0.788. The Labute approximate surface area is 148 Å². The number of phenolic OH excluding ortho intramolecular Hbond substituents is 2. The number of allylic oxidation sites excluding steroid dienone is 2. The highest BCUT2D eigenvalue weighted by Crippen LogP contribution is 2.46. The molecule has 0 saturated heterocycles. The summed E-state index contributed by atoms with van der Waals surface area (Å²) < 4.78 is 9.98. The largest absolute Gasteiger partial charge is 0.507 e. The minimum absolute atomic E-state index is 0.114. The fraction of sp³-hybridized carbons (Fsp3) is 0.389. The van der Waals surface area contributed by atoms with Crippen LogP contribution in [0.4, 0.5) is 0 Å². The van der Waals surface area contributed by atoms with Crippen molar-refractivity contribution >= 4 is 17.5 Å². The van der Waals surface area contributed by atoms with Crippen molar-refractivity contribution in [1.82, 2.24) is 0 Å². The Kier molecular flexibility index (Phi) is 4.03. The first-order chi connectivity index (χ1) is 12.1. The zero-order valence-electron chi connectivity index (χ0n) is 14.5. The van der Waals surface area contributed by atoms with Crippen LogP contribution >= 0.6 is 0 Å². The Morgan fingerprint density at radius 3 is 2.38 bits per heavy atom. The van der Waals surface area contributed by atoms with E-state index in [4.69, 9.17) is 9.47 Å². The molecular formula is C18H18O8. The maximum atomic E-state index is 12.5. The van der Waals surface area contributed by atoms with Crippen LogP contribution in [-0.2, 0) is 27.1 Å². The molecule has 1 aromatic carbocycles. The van der Waals surface area contributed by atoms with E-state index in [0.29, 0.717) is 0 Å². The van der Waals surface area contributed by atoms with Crippen molar-refractivity contribution in [2.24, 2.45) is 0 Å². The number of fused-ring (bicyclic) bond motifs is 2. The predicted molar refractivity (Wildman–Crippen MR) is 87.1 cm³/mol. The molecule has 1 aromatic rings. The summed E-state index contributed by atoms with van der Waals surface area (Å²) in [6.07, 6.45) is -0.328. The molecular weight excluding hydrogens is 344 g/mol. The molecule has 0 aromatic heterocycles. The second kappa shape index (κ2) is 5.84. The van der Waals surface area contributed by atoms with Crippen LogP contribution in [0.25, 0.3) is 0 Å². The summed E-state index contributed by atoms with van der Waals surface area (Å²) in [4.78, 5) is 36.1. The standard InChI is InChI=1S/C18H18O8/c1-7(19)26-12-4-8-9(6-18(12,2)24)16(22)14-13(15(8)21)10(20)5-11(25-3)17(14)23/h5,12,21-22,24H,4,6H2,1-3H3. The number of aliphatic hydroxyl groups is 1. The summed E-state index contributed by atoms with van der Waals surface area (Å²) in [5.41, 5.74) is -1.91. The molecule has 2 atom stereocenters. The number of carbonyl (C=O) groups is 3. The molecule has 0 bridgehead atoms. The number of phenols is 2. The van der Waals surface area contributed by atoms with E-state index in [2.05, 4.69) is 0 Å². The molecule has 26 heavy (non-hydrogen) atoms. The molecule has 0 amide bonds. The van der Waals surface area contributed by atoms with Gasteiger partial charge in [-0.15, -0.1) is 0 Å². The molecule has 0 aliphatic heterocycles. The van der Waals surface area contributed by atoms with E-state index in [0.717, 1.165) is 6.08 Å². The number of aromatic hydroxyl groups is 2. The van der Waals surface area contributed by atoms with Crippen LogP contribution in [0.5, 0.6) is 11.5 Å². The van der Waals surface area contributed by atoms with Gasteiger partial charge in [0.1, 0.15) is 23.2 Å². The third kappa shape index (κ3) is 2.53. The zero-order chi connectivity index (χ0) is 19.4. The summed E-state index contributed by atoms with van der Waals surface area (Å²) in [5.74, 6) is -3.25. The van der Waals surface area contributed by atoms with E-state index in [1.165, 1.54) is 21.0 Å². The number of ketones is 2. The molecule has 3 N–H and O–H groups in total. The quantitative estimate of drug-likeness (QED) is 0.520. The van der Waals surface area contributed by atoms with Gasteiger partial charge in [0.15, 0.2) is 11.5 Å². The number of rotatable bonds is 2. The smallest absolute Gasteiger partial charge is 0.303 e. The van der Waals surface area contributed by atoms with Crippen molar-refractivity contribution in [3.05, 3.63) is 34.1 Å². The van der Waals surface area contributed by atoms with Crippen molar-refractivity contribution in [1.29, 1.82) is 0 Å². The lowest BCUT2D eigenvalue weighted by Gasteiger charge is -2.38. The van der Waals surface area contributed by atoms with Gasteiger partial charge in [0.05, 0.1) is 18.2 Å². The number of Topliss-reactive ketones (excluding diaryl/α,β-unsaturated/α-hetero) is 1. The molecule has 0 fully saturated rings. The molecule has 2 aliphatic rings. The van der Waals surface area contributed by atoms with Crippen molar-refractivity contribution in [3.63, 3.8) is 0 Å². The summed E-state index contributed by atoms with van der Waals surface area (Å²) in [6.45, 7) is 2.61. The topological polar surface area (TPSA) is 130 Å². The summed E-state index contributed by atoms with van der Waals surface area (Å²) in [5, 5.41) is 31.8. The first-order valence-corrected chi connectivity index (χ1v) is 7.92. The number of hydrogen-bond acceptors (Lipinski definition) is 8. The number of esters is 1. The third-order valence-corrected chi connectivity index (χ3v) is 4.76. The molecule has 0 radical (unpaired) electrons. The highest BCUT2D eigenvalue weighted by Gasteiger charge is 2.45. The average molecular weight is 362 g/mol. The fourth-order valence-corrected chi connectivity index (χ4v) is 3.47. The molecule has 2 aliphatic carbocycles. The van der Waals surface area contributed by atoms with Gasteiger partial charge in [-0.1, -0.05) is 0 Å². The van der Waals surface area contributed by atoms with Gasteiger partial charge in [-0.25, -0.2) is 0 Å². The van der Waals surface area contributed by atoms with Crippen LogP contribution in [0.3, 0.4) is 0 Å². The lowest BCUT2D eigenvalue weighted by molar-refractivity contribution is -0.162. The minimum Gasteiger partial charge on any atom is -0.507 e. The van der Waals surface area contributed by atoms with E-state index in [-0.39, 0.29) is 40.9 Å². The van der Waals surface area contributed by atoms with Gasteiger partial charge in [0.25, 0.3) is 0 Å². The molecule has 0 spiro atoms. The molecule has 3 rings (SSSR count). The molecule has 8 nitrogen and oxygen atoms in total. The van der Waals surface area contributed by atoms with Gasteiger partial charge < -0.3 is 24.8 Å². The lowest BCUT2D eigenvalue weighted by atomic mass is 9.75. The number of hydrogen-bond donors (Lipinski definition) is 3. The highest BCUT2D eigenvalue weighted by atomic mass is 16.6. The Hall–Kier alpha value is -2.87. The van der Waals surface area contributed by atoms with Crippen LogP contribution in [0.1, 0.15) is 45.7 Å². The SMILES string of the molecule is COC1=CC(=O)c2c(O)c3c(c(O)c2C1=O)CC(C)(O)C(OC(C)=O)C3. The molecule has 0 heterocycles. The Morgan fingerprint density at radius 1 is 1.19 bits per heavy atom. The van der Waals surface area contributed by atoms with Crippen LogP contribution in [-0.4, -0.2) is 51.7 Å². The second-order valence-corrected chi connectivity index (χ2v) is 6.65. The maximum absolute atomic E-state index is 12.5. The summed E-state index contributed by atoms with van der Waals surface area (Å²) in [7, 11) is 1.21. The average Bonchev–Trinajstić information content (AvgIpc) is 2.54. The molecule has 8 heteroatoms. The van der Waals surface area contributed by atoms with E-state index in [1.807, 2.05) is 0 Å². The number of methoxy groups -OCH3 is 1. The molecule has 138 valence electrons. The number of ether oxygens (including phenoxy) is 2. The van der Waals surface area contributed by atoms with E-state index in [1.54, 1.807) is 0 Å². The van der Waals surface area contributed by atoms with Crippen molar-refractivity contribution in [2.45, 2.75) is 38.4 Å². The van der Waals surface area contributed by atoms with Gasteiger partial charge >= 0.3 is 5.97 Å². The van der Waals surface area contributed by atoms with Crippen molar-refractivity contribution in [3.8, 4) is 11.5 Å². The monoisotopic (exact) mass is 362 g/mol. The zero-order valence-corrected chi connectivity index (χ0v) is 14.5. The Balaban J connectivity index is 2.22. The maximum Gasteiger partial charge on any atom is 0.303 e. The minimum atomic E-state index is -1.53. The molecule has 2 unspecified atom stereocenters. The Bertz CT molecular complexity index is 878. The van der Waals surface area contributed by atoms with Crippen LogP contribution in [0.2, 0.25) is 0 Å². The number of benzene rings is 1. The summed E-state index contributed by atoms with van der Waals surface area (Å²) in [6, 6.07) is 0. The molecule has 0 saturated carbocycles. The second-order valence-electron chi connectivity index (χ2n) is 6.65. The van der Waals surface area contributed by atoms with E-state index in [9.17, 15) is 29.7 Å². The van der Waals surface area contributed by atoms with Crippen LogP contribution < -0.4 is 0 Å². The van der Waals surface area contributed by atoms with Gasteiger partial charge in [0, 0.05) is 37.0 Å². The van der Waals surface area contributed by atoms with Gasteiger partial charge in [-0.2, -0.15) is 0 Å². The van der Waals surface area contributed by atoms with Crippen LogP contribution in [0, 0.1) is 0 Å². The first-order valence-electron chi connectivity index (χ1n) is 7.92. The van der Waals surface area contributed by atoms with Gasteiger partial charge in [0.2, 0.25) is 5.78 Å².